The highest BCUT2D eigenvalue weighted by molar-refractivity contribution is 5.64. The summed E-state index contributed by atoms with van der Waals surface area (Å²) in [5.74, 6) is 0. The zero-order chi connectivity index (χ0) is 14.8. The van der Waals surface area contributed by atoms with Crippen molar-refractivity contribution in [2.24, 2.45) is 0 Å². The first kappa shape index (κ1) is 14.6. The van der Waals surface area contributed by atoms with Crippen molar-refractivity contribution in [3.8, 4) is 11.3 Å². The van der Waals surface area contributed by atoms with Crippen LogP contribution in [0.5, 0.6) is 0 Å². The summed E-state index contributed by atoms with van der Waals surface area (Å²) in [5.41, 5.74) is 1.50. The molecule has 0 fully saturated rings. The fourth-order valence-electron chi connectivity index (χ4n) is 2.16. The summed E-state index contributed by atoms with van der Waals surface area (Å²) in [4.78, 5) is 0. The maximum Gasteiger partial charge on any atom is 0.416 e. The number of nitrogens with zero attached hydrogens (tertiary/aromatic N) is 2. The van der Waals surface area contributed by atoms with Crippen LogP contribution in [-0.2, 0) is 19.3 Å². The SMILES string of the molecule is CCn1ncc(CNC)c1-c1cccc(C(F)(F)F)c1. The van der Waals surface area contributed by atoms with Crippen LogP contribution in [-0.4, -0.2) is 16.8 Å². The minimum Gasteiger partial charge on any atom is -0.316 e. The molecule has 0 spiro atoms. The lowest BCUT2D eigenvalue weighted by molar-refractivity contribution is -0.137. The van der Waals surface area contributed by atoms with Crippen LogP contribution < -0.4 is 5.32 Å². The fraction of sp³-hybridized carbons (Fsp3) is 0.357. The molecule has 0 aliphatic carbocycles. The Bertz CT molecular complexity index is 588. The molecule has 3 nitrogen and oxygen atoms in total. The second kappa shape index (κ2) is 5.66. The molecule has 1 heterocycles. The number of hydrogen-bond donors (Lipinski definition) is 1. The monoisotopic (exact) mass is 283 g/mol. The summed E-state index contributed by atoms with van der Waals surface area (Å²) >= 11 is 0. The van der Waals surface area contributed by atoms with E-state index in [2.05, 4.69) is 10.4 Å². The zero-order valence-electron chi connectivity index (χ0n) is 11.3. The van der Waals surface area contributed by atoms with Gasteiger partial charge in [-0.1, -0.05) is 12.1 Å². The van der Waals surface area contributed by atoms with Gasteiger partial charge in [0.1, 0.15) is 0 Å². The third-order valence-electron chi connectivity index (χ3n) is 3.05. The van der Waals surface area contributed by atoms with E-state index in [4.69, 9.17) is 0 Å². The molecular weight excluding hydrogens is 267 g/mol. The molecular formula is C14H16F3N3. The van der Waals surface area contributed by atoms with E-state index in [-0.39, 0.29) is 0 Å². The van der Waals surface area contributed by atoms with Gasteiger partial charge in [-0.3, -0.25) is 4.68 Å². The Morgan fingerprint density at radius 1 is 1.30 bits per heavy atom. The smallest absolute Gasteiger partial charge is 0.316 e. The lowest BCUT2D eigenvalue weighted by Crippen LogP contribution is -2.08. The molecule has 1 aromatic heterocycles. The summed E-state index contributed by atoms with van der Waals surface area (Å²) in [5, 5.41) is 7.22. The highest BCUT2D eigenvalue weighted by Gasteiger charge is 2.30. The second-order valence-electron chi connectivity index (χ2n) is 4.44. The van der Waals surface area contributed by atoms with Gasteiger partial charge in [-0.2, -0.15) is 18.3 Å². The molecule has 0 saturated carbocycles. The first-order chi connectivity index (χ1) is 9.47. The van der Waals surface area contributed by atoms with Crippen molar-refractivity contribution in [3.05, 3.63) is 41.6 Å². The van der Waals surface area contributed by atoms with Gasteiger partial charge in [-0.05, 0) is 26.1 Å². The molecule has 0 radical (unpaired) electrons. The van der Waals surface area contributed by atoms with Gasteiger partial charge in [0.15, 0.2) is 0 Å². The van der Waals surface area contributed by atoms with Crippen molar-refractivity contribution in [1.82, 2.24) is 15.1 Å². The predicted molar refractivity (Wildman–Crippen MR) is 71.1 cm³/mol. The van der Waals surface area contributed by atoms with Gasteiger partial charge >= 0.3 is 6.18 Å². The quantitative estimate of drug-likeness (QED) is 0.933. The summed E-state index contributed by atoms with van der Waals surface area (Å²) in [6.07, 6.45) is -2.65. The number of alkyl halides is 3. The van der Waals surface area contributed by atoms with Crippen molar-refractivity contribution < 1.29 is 13.2 Å². The Balaban J connectivity index is 2.53. The zero-order valence-corrected chi connectivity index (χ0v) is 11.3. The number of hydrogen-bond acceptors (Lipinski definition) is 2. The first-order valence-electron chi connectivity index (χ1n) is 6.34. The van der Waals surface area contributed by atoms with E-state index >= 15 is 0 Å². The number of rotatable bonds is 4. The molecule has 1 aromatic carbocycles. The Morgan fingerprint density at radius 2 is 2.05 bits per heavy atom. The van der Waals surface area contributed by atoms with Crippen LogP contribution in [0.1, 0.15) is 18.1 Å². The first-order valence-corrected chi connectivity index (χ1v) is 6.34. The van der Waals surface area contributed by atoms with Gasteiger partial charge in [-0.25, -0.2) is 0 Å². The third kappa shape index (κ3) is 2.85. The molecule has 108 valence electrons. The maximum atomic E-state index is 12.8. The predicted octanol–water partition coefficient (Wildman–Crippen LogP) is 3.31. The van der Waals surface area contributed by atoms with E-state index < -0.39 is 11.7 Å². The Labute approximate surface area is 115 Å². The molecule has 0 aliphatic rings. The third-order valence-corrected chi connectivity index (χ3v) is 3.05. The summed E-state index contributed by atoms with van der Waals surface area (Å²) in [6, 6.07) is 5.35. The van der Waals surface area contributed by atoms with Crippen molar-refractivity contribution in [3.63, 3.8) is 0 Å². The van der Waals surface area contributed by atoms with E-state index in [1.165, 1.54) is 12.1 Å². The van der Waals surface area contributed by atoms with Crippen molar-refractivity contribution in [2.75, 3.05) is 7.05 Å². The van der Waals surface area contributed by atoms with Gasteiger partial charge in [0.05, 0.1) is 17.5 Å². The summed E-state index contributed by atoms with van der Waals surface area (Å²) in [6.45, 7) is 3.08. The van der Waals surface area contributed by atoms with Crippen LogP contribution in [0.4, 0.5) is 13.2 Å². The van der Waals surface area contributed by atoms with E-state index in [0.717, 1.165) is 17.3 Å². The molecule has 0 bridgehead atoms. The van der Waals surface area contributed by atoms with Gasteiger partial charge in [0, 0.05) is 24.2 Å². The minimum absolute atomic E-state index is 0.532. The molecule has 0 amide bonds. The Morgan fingerprint density at radius 3 is 2.65 bits per heavy atom. The molecule has 20 heavy (non-hydrogen) atoms. The van der Waals surface area contributed by atoms with Gasteiger partial charge in [0.2, 0.25) is 0 Å². The minimum atomic E-state index is -4.34. The topological polar surface area (TPSA) is 29.9 Å². The van der Waals surface area contributed by atoms with Crippen molar-refractivity contribution in [1.29, 1.82) is 0 Å². The van der Waals surface area contributed by atoms with Gasteiger partial charge < -0.3 is 5.32 Å². The molecule has 0 atom stereocenters. The van der Waals surface area contributed by atoms with Crippen molar-refractivity contribution >= 4 is 0 Å². The largest absolute Gasteiger partial charge is 0.416 e. The summed E-state index contributed by atoms with van der Waals surface area (Å²) < 4.78 is 40.1. The van der Waals surface area contributed by atoms with E-state index in [0.29, 0.717) is 18.7 Å². The molecule has 2 aromatic rings. The number of benzene rings is 1. The van der Waals surface area contributed by atoms with Crippen LogP contribution in [0.15, 0.2) is 30.5 Å². The van der Waals surface area contributed by atoms with E-state index in [1.807, 2.05) is 6.92 Å². The highest BCUT2D eigenvalue weighted by atomic mass is 19.4. The Hall–Kier alpha value is -1.82. The number of aryl methyl sites for hydroxylation is 1. The molecule has 1 N–H and O–H groups in total. The van der Waals surface area contributed by atoms with Crippen LogP contribution in [0.3, 0.4) is 0 Å². The molecule has 0 unspecified atom stereocenters. The highest BCUT2D eigenvalue weighted by Crippen LogP contribution is 2.33. The molecule has 6 heteroatoms. The van der Waals surface area contributed by atoms with Crippen LogP contribution in [0.25, 0.3) is 11.3 Å². The molecule has 0 aliphatic heterocycles. The maximum absolute atomic E-state index is 12.8. The number of aromatic nitrogens is 2. The van der Waals surface area contributed by atoms with Gasteiger partial charge in [-0.15, -0.1) is 0 Å². The summed E-state index contributed by atoms with van der Waals surface area (Å²) in [7, 11) is 1.79. The van der Waals surface area contributed by atoms with Crippen molar-refractivity contribution in [2.45, 2.75) is 26.2 Å². The molecule has 0 saturated heterocycles. The molecule has 2 rings (SSSR count). The van der Waals surface area contributed by atoms with E-state index in [9.17, 15) is 13.2 Å². The lowest BCUT2D eigenvalue weighted by Gasteiger charge is -2.11. The van der Waals surface area contributed by atoms with E-state index in [1.54, 1.807) is 24.0 Å². The average Bonchev–Trinajstić information content (AvgIpc) is 2.81. The number of halogens is 3. The second-order valence-corrected chi connectivity index (χ2v) is 4.44. The lowest BCUT2D eigenvalue weighted by atomic mass is 10.0. The van der Waals surface area contributed by atoms with Crippen LogP contribution in [0, 0.1) is 0 Å². The van der Waals surface area contributed by atoms with Crippen LogP contribution >= 0.6 is 0 Å². The average molecular weight is 283 g/mol. The van der Waals surface area contributed by atoms with Crippen LogP contribution in [0.2, 0.25) is 0 Å². The standard InChI is InChI=1S/C14H16F3N3/c1-3-20-13(11(8-18-2)9-19-20)10-5-4-6-12(7-10)14(15,16)17/h4-7,9,18H,3,8H2,1-2H3. The fourth-order valence-corrected chi connectivity index (χ4v) is 2.16. The Kier molecular flexibility index (Phi) is 4.13. The van der Waals surface area contributed by atoms with Gasteiger partial charge in [0.25, 0.3) is 0 Å². The normalized spacial score (nSPS) is 11.8. The number of nitrogens with one attached hydrogen (secondary N) is 1.